The zero-order valence-electron chi connectivity index (χ0n) is 10.1. The summed E-state index contributed by atoms with van der Waals surface area (Å²) < 4.78 is 5.92. The fourth-order valence-electron chi connectivity index (χ4n) is 2.33. The third-order valence-electron chi connectivity index (χ3n) is 3.15. The normalized spacial score (nSPS) is 13.3. The van der Waals surface area contributed by atoms with Crippen LogP contribution in [0.1, 0.15) is 17.2 Å². The first-order chi connectivity index (χ1) is 8.90. The van der Waals surface area contributed by atoms with E-state index in [0.29, 0.717) is 0 Å². The monoisotopic (exact) mass is 237 g/mol. The maximum atomic E-state index is 5.92. The van der Waals surface area contributed by atoms with Crippen LogP contribution in [0.5, 0.6) is 11.5 Å². The number of fused-ring (bicyclic) bond motifs is 2. The van der Waals surface area contributed by atoms with Crippen LogP contribution in [-0.4, -0.2) is 6.54 Å². The molecule has 0 saturated carbocycles. The van der Waals surface area contributed by atoms with Crippen molar-refractivity contribution in [2.45, 2.75) is 6.04 Å². The van der Waals surface area contributed by atoms with Crippen molar-refractivity contribution < 1.29 is 4.74 Å². The highest BCUT2D eigenvalue weighted by Crippen LogP contribution is 2.42. The molecule has 0 aliphatic carbocycles. The highest BCUT2D eigenvalue weighted by atomic mass is 16.5. The van der Waals surface area contributed by atoms with Gasteiger partial charge < -0.3 is 10.1 Å². The molecule has 1 aliphatic heterocycles. The predicted molar refractivity (Wildman–Crippen MR) is 73.0 cm³/mol. The van der Waals surface area contributed by atoms with E-state index in [-0.39, 0.29) is 6.04 Å². The number of nitrogens with one attached hydrogen (secondary N) is 1. The van der Waals surface area contributed by atoms with E-state index >= 15 is 0 Å². The number of benzene rings is 2. The minimum Gasteiger partial charge on any atom is -0.457 e. The Morgan fingerprint density at radius 3 is 2.11 bits per heavy atom. The summed E-state index contributed by atoms with van der Waals surface area (Å²) in [7, 11) is 0. The molecule has 90 valence electrons. The van der Waals surface area contributed by atoms with Gasteiger partial charge in [-0.15, -0.1) is 6.58 Å². The molecule has 1 aliphatic rings. The number of hydrogen-bond donors (Lipinski definition) is 1. The van der Waals surface area contributed by atoms with Crippen LogP contribution >= 0.6 is 0 Å². The molecule has 1 N–H and O–H groups in total. The lowest BCUT2D eigenvalue weighted by Gasteiger charge is -2.28. The molecule has 0 unspecified atom stereocenters. The molecule has 1 heterocycles. The Hall–Kier alpha value is -2.06. The standard InChI is InChI=1S/C16H15NO/c1-2-11-17-16-12-7-3-5-9-14(12)18-15-10-6-4-8-13(15)16/h2-10,16-17H,1,11H2. The Balaban J connectivity index is 2.08. The lowest BCUT2D eigenvalue weighted by molar-refractivity contribution is 0.432. The molecule has 0 atom stereocenters. The van der Waals surface area contributed by atoms with E-state index in [1.54, 1.807) is 0 Å². The molecule has 0 fully saturated rings. The number of hydrogen-bond acceptors (Lipinski definition) is 2. The van der Waals surface area contributed by atoms with Gasteiger partial charge in [-0.1, -0.05) is 42.5 Å². The highest BCUT2D eigenvalue weighted by molar-refractivity contribution is 5.52. The Labute approximate surface area is 107 Å². The molecule has 0 amide bonds. The average Bonchev–Trinajstić information content (AvgIpc) is 2.43. The van der Waals surface area contributed by atoms with Gasteiger partial charge in [-0.2, -0.15) is 0 Å². The zero-order chi connectivity index (χ0) is 12.4. The van der Waals surface area contributed by atoms with Gasteiger partial charge in [-0.3, -0.25) is 0 Å². The second-order valence-electron chi connectivity index (χ2n) is 4.31. The summed E-state index contributed by atoms with van der Waals surface area (Å²) >= 11 is 0. The molecule has 2 heteroatoms. The van der Waals surface area contributed by atoms with Crippen LogP contribution in [-0.2, 0) is 0 Å². The smallest absolute Gasteiger partial charge is 0.132 e. The molecular formula is C16H15NO. The Morgan fingerprint density at radius 1 is 1.00 bits per heavy atom. The fourth-order valence-corrected chi connectivity index (χ4v) is 2.33. The summed E-state index contributed by atoms with van der Waals surface area (Å²) in [4.78, 5) is 0. The van der Waals surface area contributed by atoms with Crippen LogP contribution in [0.15, 0.2) is 61.2 Å². The summed E-state index contributed by atoms with van der Waals surface area (Å²) in [5.74, 6) is 1.86. The van der Waals surface area contributed by atoms with Gasteiger partial charge in [0, 0.05) is 17.7 Å². The third-order valence-corrected chi connectivity index (χ3v) is 3.15. The van der Waals surface area contributed by atoms with Crippen molar-refractivity contribution in [1.82, 2.24) is 5.32 Å². The van der Waals surface area contributed by atoms with Crippen molar-refractivity contribution in [1.29, 1.82) is 0 Å². The van der Waals surface area contributed by atoms with Crippen LogP contribution in [0.4, 0.5) is 0 Å². The summed E-state index contributed by atoms with van der Waals surface area (Å²) in [6.07, 6.45) is 1.88. The molecular weight excluding hydrogens is 222 g/mol. The molecule has 2 aromatic rings. The van der Waals surface area contributed by atoms with Gasteiger partial charge in [-0.25, -0.2) is 0 Å². The van der Waals surface area contributed by atoms with Gasteiger partial charge >= 0.3 is 0 Å². The van der Waals surface area contributed by atoms with Crippen LogP contribution in [0.2, 0.25) is 0 Å². The second-order valence-corrected chi connectivity index (χ2v) is 4.31. The Kier molecular flexibility index (Phi) is 2.87. The van der Waals surface area contributed by atoms with E-state index in [2.05, 4.69) is 24.0 Å². The number of ether oxygens (including phenoxy) is 1. The third kappa shape index (κ3) is 1.81. The number of rotatable bonds is 3. The number of para-hydroxylation sites is 2. The van der Waals surface area contributed by atoms with Crippen LogP contribution < -0.4 is 10.1 Å². The lowest BCUT2D eigenvalue weighted by Crippen LogP contribution is -2.25. The summed E-state index contributed by atoms with van der Waals surface area (Å²) in [5, 5.41) is 3.49. The summed E-state index contributed by atoms with van der Waals surface area (Å²) in [6.45, 7) is 4.53. The lowest BCUT2D eigenvalue weighted by atomic mass is 9.94. The quantitative estimate of drug-likeness (QED) is 0.823. The summed E-state index contributed by atoms with van der Waals surface area (Å²) in [6, 6.07) is 16.5. The second kappa shape index (κ2) is 4.67. The molecule has 0 radical (unpaired) electrons. The van der Waals surface area contributed by atoms with Crippen molar-refractivity contribution in [2.24, 2.45) is 0 Å². The van der Waals surface area contributed by atoms with Gasteiger partial charge in [0.15, 0.2) is 0 Å². The van der Waals surface area contributed by atoms with E-state index in [0.717, 1.165) is 18.0 Å². The molecule has 0 spiro atoms. The average molecular weight is 237 g/mol. The van der Waals surface area contributed by atoms with E-state index < -0.39 is 0 Å². The maximum absolute atomic E-state index is 5.92. The van der Waals surface area contributed by atoms with Gasteiger partial charge in [0.2, 0.25) is 0 Å². The first kappa shape index (κ1) is 11.1. The first-order valence-corrected chi connectivity index (χ1v) is 6.10. The minimum absolute atomic E-state index is 0.171. The van der Waals surface area contributed by atoms with Gasteiger partial charge in [0.05, 0.1) is 6.04 Å². The van der Waals surface area contributed by atoms with Crippen LogP contribution in [0.3, 0.4) is 0 Å². The van der Waals surface area contributed by atoms with Crippen molar-refractivity contribution >= 4 is 0 Å². The fraction of sp³-hybridized carbons (Fsp3) is 0.125. The molecule has 0 bridgehead atoms. The van der Waals surface area contributed by atoms with Crippen molar-refractivity contribution in [3.05, 3.63) is 72.3 Å². The van der Waals surface area contributed by atoms with E-state index in [1.807, 2.05) is 42.5 Å². The molecule has 2 nitrogen and oxygen atoms in total. The molecule has 2 aromatic carbocycles. The molecule has 3 rings (SSSR count). The zero-order valence-corrected chi connectivity index (χ0v) is 10.1. The minimum atomic E-state index is 0.171. The topological polar surface area (TPSA) is 21.3 Å². The molecule has 0 saturated heterocycles. The van der Waals surface area contributed by atoms with Crippen LogP contribution in [0.25, 0.3) is 0 Å². The molecule has 18 heavy (non-hydrogen) atoms. The first-order valence-electron chi connectivity index (χ1n) is 6.10. The molecule has 0 aromatic heterocycles. The van der Waals surface area contributed by atoms with Gasteiger partial charge in [0.25, 0.3) is 0 Å². The van der Waals surface area contributed by atoms with Crippen LogP contribution in [0, 0.1) is 0 Å². The predicted octanol–water partition coefficient (Wildman–Crippen LogP) is 3.66. The van der Waals surface area contributed by atoms with E-state index in [1.165, 1.54) is 11.1 Å². The Morgan fingerprint density at radius 2 is 1.56 bits per heavy atom. The highest BCUT2D eigenvalue weighted by Gasteiger charge is 2.25. The van der Waals surface area contributed by atoms with Gasteiger partial charge in [0.1, 0.15) is 11.5 Å². The van der Waals surface area contributed by atoms with Crippen molar-refractivity contribution in [3.8, 4) is 11.5 Å². The van der Waals surface area contributed by atoms with Crippen molar-refractivity contribution in [3.63, 3.8) is 0 Å². The largest absolute Gasteiger partial charge is 0.457 e. The van der Waals surface area contributed by atoms with E-state index in [9.17, 15) is 0 Å². The van der Waals surface area contributed by atoms with E-state index in [4.69, 9.17) is 4.74 Å². The SMILES string of the molecule is C=CCNC1c2ccccc2Oc2ccccc21. The summed E-state index contributed by atoms with van der Waals surface area (Å²) in [5.41, 5.74) is 2.36. The maximum Gasteiger partial charge on any atom is 0.132 e. The van der Waals surface area contributed by atoms with Gasteiger partial charge in [-0.05, 0) is 12.1 Å². The van der Waals surface area contributed by atoms with Crippen molar-refractivity contribution in [2.75, 3.05) is 6.54 Å². The Bertz CT molecular complexity index is 531.